The third-order valence-corrected chi connectivity index (χ3v) is 6.11. The summed E-state index contributed by atoms with van der Waals surface area (Å²) in [6.45, 7) is 9.80. The fraction of sp³-hybridized carbons (Fsp3) is 0.684. The van der Waals surface area contributed by atoms with Crippen molar-refractivity contribution in [3.8, 4) is 0 Å². The van der Waals surface area contributed by atoms with Crippen LogP contribution in [0.25, 0.3) is 0 Å². The van der Waals surface area contributed by atoms with Crippen LogP contribution in [0.2, 0.25) is 0 Å². The smallest absolute Gasteiger partial charge is 0.333 e. The van der Waals surface area contributed by atoms with E-state index in [0.717, 1.165) is 24.2 Å². The zero-order chi connectivity index (χ0) is 16.6. The molecule has 0 amide bonds. The quantitative estimate of drug-likeness (QED) is 0.558. The van der Waals surface area contributed by atoms with Gasteiger partial charge in [-0.05, 0) is 68.1 Å². The molecule has 0 aliphatic heterocycles. The molecule has 3 fully saturated rings. The Bertz CT molecular complexity index is 523. The van der Waals surface area contributed by atoms with Gasteiger partial charge in [0.15, 0.2) is 0 Å². The van der Waals surface area contributed by atoms with Crippen LogP contribution in [0, 0.1) is 35.5 Å². The van der Waals surface area contributed by atoms with E-state index in [1.54, 1.807) is 6.92 Å². The predicted octanol–water partition coefficient (Wildman–Crippen LogP) is 3.13. The first-order chi connectivity index (χ1) is 11.0. The van der Waals surface area contributed by atoms with Crippen LogP contribution in [0.4, 0.5) is 0 Å². The van der Waals surface area contributed by atoms with E-state index < -0.39 is 0 Å². The van der Waals surface area contributed by atoms with Crippen molar-refractivity contribution in [2.45, 2.75) is 32.6 Å². The molecule has 0 aromatic rings. The molecule has 4 heteroatoms. The third kappa shape index (κ3) is 3.22. The van der Waals surface area contributed by atoms with E-state index in [9.17, 15) is 9.59 Å². The summed E-state index contributed by atoms with van der Waals surface area (Å²) < 4.78 is 10.6. The van der Waals surface area contributed by atoms with Gasteiger partial charge in [-0.1, -0.05) is 13.2 Å². The van der Waals surface area contributed by atoms with Crippen molar-refractivity contribution < 1.29 is 19.1 Å². The minimum Gasteiger partial charge on any atom is -0.462 e. The lowest BCUT2D eigenvalue weighted by Gasteiger charge is -2.31. The fourth-order valence-electron chi connectivity index (χ4n) is 5.22. The minimum absolute atomic E-state index is 0.278. The van der Waals surface area contributed by atoms with Crippen molar-refractivity contribution in [1.82, 2.24) is 0 Å². The van der Waals surface area contributed by atoms with Crippen molar-refractivity contribution in [2.75, 3.05) is 13.2 Å². The van der Waals surface area contributed by atoms with Crippen LogP contribution >= 0.6 is 0 Å². The molecule has 0 saturated heterocycles. The molecule has 0 heterocycles. The van der Waals surface area contributed by atoms with Crippen LogP contribution in [0.1, 0.15) is 32.6 Å². The topological polar surface area (TPSA) is 52.6 Å². The normalized spacial score (nSPS) is 37.3. The maximum absolute atomic E-state index is 11.5. The van der Waals surface area contributed by atoms with Gasteiger partial charge in [-0.25, -0.2) is 9.59 Å². The highest BCUT2D eigenvalue weighted by atomic mass is 16.5. The van der Waals surface area contributed by atoms with Gasteiger partial charge in [0, 0.05) is 11.6 Å². The van der Waals surface area contributed by atoms with E-state index in [4.69, 9.17) is 9.47 Å². The minimum atomic E-state index is -0.319. The van der Waals surface area contributed by atoms with Crippen LogP contribution in [-0.4, -0.2) is 25.2 Å². The van der Waals surface area contributed by atoms with Gasteiger partial charge >= 0.3 is 11.9 Å². The molecule has 0 radical (unpaired) electrons. The largest absolute Gasteiger partial charge is 0.462 e. The second-order valence-corrected chi connectivity index (χ2v) is 7.53. The molecule has 3 aliphatic carbocycles. The van der Waals surface area contributed by atoms with E-state index in [2.05, 4.69) is 13.2 Å². The summed E-state index contributed by atoms with van der Waals surface area (Å²) in [5, 5.41) is 0. The lowest BCUT2D eigenvalue weighted by atomic mass is 9.76. The molecule has 3 saturated carbocycles. The van der Waals surface area contributed by atoms with Gasteiger partial charge < -0.3 is 9.47 Å². The molecule has 2 bridgehead atoms. The number of hydrogen-bond donors (Lipinski definition) is 0. The zero-order valence-corrected chi connectivity index (χ0v) is 13.8. The molecule has 0 spiro atoms. The molecule has 126 valence electrons. The Hall–Kier alpha value is -1.58. The molecule has 0 aromatic heterocycles. The van der Waals surface area contributed by atoms with Crippen molar-refractivity contribution in [2.24, 2.45) is 35.5 Å². The lowest BCUT2D eigenvalue weighted by Crippen LogP contribution is -2.28. The van der Waals surface area contributed by atoms with Crippen molar-refractivity contribution >= 4 is 11.9 Å². The average molecular weight is 318 g/mol. The summed E-state index contributed by atoms with van der Waals surface area (Å²) in [5.41, 5.74) is 0.465. The molecule has 3 rings (SSSR count). The molecule has 4 nitrogen and oxygen atoms in total. The van der Waals surface area contributed by atoms with E-state index >= 15 is 0 Å². The number of ether oxygens (including phenoxy) is 2. The van der Waals surface area contributed by atoms with Crippen LogP contribution in [0.3, 0.4) is 0 Å². The van der Waals surface area contributed by atoms with Gasteiger partial charge in [0.1, 0.15) is 0 Å². The van der Waals surface area contributed by atoms with E-state index in [1.165, 1.54) is 25.3 Å². The molecule has 0 aromatic carbocycles. The summed E-state index contributed by atoms with van der Waals surface area (Å²) in [6, 6.07) is 0. The number of carbonyl (C=O) groups excluding carboxylic acids is 2. The Morgan fingerprint density at radius 1 is 1.04 bits per heavy atom. The number of esters is 2. The predicted molar refractivity (Wildman–Crippen MR) is 86.3 cm³/mol. The Morgan fingerprint density at radius 2 is 1.78 bits per heavy atom. The Kier molecular flexibility index (Phi) is 4.60. The second kappa shape index (κ2) is 6.50. The standard InChI is InChI=1S/C19H26O4/c1-4-18(20)22-10-14-7-13-8-16(14)17-6-12(5-15(13)17)9-23-19(21)11(2)3/h4,12-17H,1-2,5-10H2,3H3. The summed E-state index contributed by atoms with van der Waals surface area (Å²) >= 11 is 0. The van der Waals surface area contributed by atoms with Crippen molar-refractivity contribution in [3.63, 3.8) is 0 Å². The Morgan fingerprint density at radius 3 is 2.48 bits per heavy atom. The average Bonchev–Trinajstić information content (AvgIpc) is 3.20. The summed E-state index contributed by atoms with van der Waals surface area (Å²) in [6.07, 6.45) is 6.01. The highest BCUT2D eigenvalue weighted by Gasteiger charge is 2.55. The molecule has 23 heavy (non-hydrogen) atoms. The van der Waals surface area contributed by atoms with Crippen LogP contribution in [0.5, 0.6) is 0 Å². The van der Waals surface area contributed by atoms with Gasteiger partial charge in [0.2, 0.25) is 0 Å². The number of hydrogen-bond acceptors (Lipinski definition) is 4. The number of rotatable bonds is 6. The van der Waals surface area contributed by atoms with Gasteiger partial charge in [0.05, 0.1) is 13.2 Å². The zero-order valence-electron chi connectivity index (χ0n) is 13.8. The number of fused-ring (bicyclic) bond motifs is 5. The van der Waals surface area contributed by atoms with E-state index in [0.29, 0.717) is 36.5 Å². The molecular weight excluding hydrogens is 292 g/mol. The van der Waals surface area contributed by atoms with Crippen LogP contribution < -0.4 is 0 Å². The third-order valence-electron chi connectivity index (χ3n) is 6.11. The van der Waals surface area contributed by atoms with Gasteiger partial charge in [-0.2, -0.15) is 0 Å². The Balaban J connectivity index is 1.50. The highest BCUT2D eigenvalue weighted by molar-refractivity contribution is 5.86. The first-order valence-corrected chi connectivity index (χ1v) is 8.61. The molecule has 3 aliphatic rings. The molecule has 0 N–H and O–H groups in total. The maximum atomic E-state index is 11.5. The van der Waals surface area contributed by atoms with Crippen molar-refractivity contribution in [1.29, 1.82) is 0 Å². The highest BCUT2D eigenvalue weighted by Crippen LogP contribution is 2.62. The molecule has 6 atom stereocenters. The second-order valence-electron chi connectivity index (χ2n) is 7.53. The first-order valence-electron chi connectivity index (χ1n) is 8.61. The first kappa shape index (κ1) is 16.3. The van der Waals surface area contributed by atoms with Crippen LogP contribution in [-0.2, 0) is 19.1 Å². The lowest BCUT2D eigenvalue weighted by molar-refractivity contribution is -0.140. The van der Waals surface area contributed by atoms with Crippen molar-refractivity contribution in [3.05, 3.63) is 24.8 Å². The number of carbonyl (C=O) groups is 2. The van der Waals surface area contributed by atoms with Gasteiger partial charge in [-0.15, -0.1) is 0 Å². The summed E-state index contributed by atoms with van der Waals surface area (Å²) in [7, 11) is 0. The molecular formula is C19H26O4. The summed E-state index contributed by atoms with van der Waals surface area (Å²) in [5.74, 6) is 3.31. The maximum Gasteiger partial charge on any atom is 0.333 e. The van der Waals surface area contributed by atoms with E-state index in [1.807, 2.05) is 0 Å². The van der Waals surface area contributed by atoms with E-state index in [-0.39, 0.29) is 11.9 Å². The van der Waals surface area contributed by atoms with Gasteiger partial charge in [-0.3, -0.25) is 0 Å². The summed E-state index contributed by atoms with van der Waals surface area (Å²) in [4.78, 5) is 22.8. The Labute approximate surface area is 137 Å². The SMILES string of the molecule is C=CC(=O)OCC1CC2CC1C1CC(COC(=O)C(=C)C)CC21. The molecule has 6 unspecified atom stereocenters. The van der Waals surface area contributed by atoms with Gasteiger partial charge in [0.25, 0.3) is 0 Å². The fourth-order valence-corrected chi connectivity index (χ4v) is 5.22. The monoisotopic (exact) mass is 318 g/mol. The van der Waals surface area contributed by atoms with Crippen LogP contribution in [0.15, 0.2) is 24.8 Å².